The standard InChI is InChI=1S/C14H20N6O2/c1-22-14-17-8-11-13(18-14)20(12(21)9-16-11)7-6-19-4-2-10(15)3-5-19/h8-10H,2-7,15H2,1H3. The van der Waals surface area contributed by atoms with Gasteiger partial charge in [0.1, 0.15) is 5.52 Å². The van der Waals surface area contributed by atoms with Gasteiger partial charge in [-0.1, -0.05) is 0 Å². The van der Waals surface area contributed by atoms with Gasteiger partial charge in [-0.3, -0.25) is 9.36 Å². The molecule has 0 radical (unpaired) electrons. The second-order valence-electron chi connectivity index (χ2n) is 5.49. The molecule has 2 N–H and O–H groups in total. The average molecular weight is 304 g/mol. The van der Waals surface area contributed by atoms with Gasteiger partial charge in [0, 0.05) is 19.1 Å². The highest BCUT2D eigenvalue weighted by atomic mass is 16.5. The van der Waals surface area contributed by atoms with Gasteiger partial charge in [-0.05, 0) is 25.9 Å². The lowest BCUT2D eigenvalue weighted by Gasteiger charge is -2.30. The first kappa shape index (κ1) is 14.9. The first-order valence-corrected chi connectivity index (χ1v) is 7.42. The molecular weight excluding hydrogens is 284 g/mol. The van der Waals surface area contributed by atoms with E-state index in [4.69, 9.17) is 10.5 Å². The van der Waals surface area contributed by atoms with E-state index in [0.717, 1.165) is 32.5 Å². The molecule has 1 saturated heterocycles. The zero-order valence-corrected chi connectivity index (χ0v) is 12.6. The Morgan fingerprint density at radius 3 is 2.77 bits per heavy atom. The molecule has 1 aliphatic heterocycles. The fourth-order valence-electron chi connectivity index (χ4n) is 2.67. The molecule has 0 aliphatic carbocycles. The third-order valence-corrected chi connectivity index (χ3v) is 4.02. The van der Waals surface area contributed by atoms with Crippen LogP contribution in [0.4, 0.5) is 0 Å². The number of fused-ring (bicyclic) bond motifs is 1. The number of methoxy groups -OCH3 is 1. The summed E-state index contributed by atoms with van der Waals surface area (Å²) >= 11 is 0. The minimum absolute atomic E-state index is 0.165. The van der Waals surface area contributed by atoms with E-state index in [1.807, 2.05) is 0 Å². The molecule has 3 rings (SSSR count). The molecule has 0 unspecified atom stereocenters. The molecule has 8 nitrogen and oxygen atoms in total. The number of hydrogen-bond donors (Lipinski definition) is 1. The van der Waals surface area contributed by atoms with Crippen molar-refractivity contribution in [3.05, 3.63) is 22.7 Å². The molecule has 0 bridgehead atoms. The monoisotopic (exact) mass is 304 g/mol. The smallest absolute Gasteiger partial charge is 0.318 e. The Kier molecular flexibility index (Phi) is 4.30. The van der Waals surface area contributed by atoms with Crippen LogP contribution in [0.5, 0.6) is 6.01 Å². The van der Waals surface area contributed by atoms with Gasteiger partial charge in [-0.15, -0.1) is 0 Å². The molecule has 1 fully saturated rings. The topological polar surface area (TPSA) is 99.2 Å². The third-order valence-electron chi connectivity index (χ3n) is 4.02. The van der Waals surface area contributed by atoms with Gasteiger partial charge in [-0.25, -0.2) is 9.97 Å². The van der Waals surface area contributed by atoms with Crippen LogP contribution in [0.1, 0.15) is 12.8 Å². The number of nitrogens with two attached hydrogens (primary N) is 1. The summed E-state index contributed by atoms with van der Waals surface area (Å²) in [4.78, 5) is 26.8. The van der Waals surface area contributed by atoms with Gasteiger partial charge in [0.2, 0.25) is 0 Å². The summed E-state index contributed by atoms with van der Waals surface area (Å²) in [5.74, 6) is 0. The molecule has 0 spiro atoms. The minimum Gasteiger partial charge on any atom is -0.467 e. The molecule has 0 saturated carbocycles. The predicted octanol–water partition coefficient (Wildman–Crippen LogP) is -0.382. The van der Waals surface area contributed by atoms with Crippen LogP contribution in [0.15, 0.2) is 17.2 Å². The second kappa shape index (κ2) is 6.37. The van der Waals surface area contributed by atoms with Gasteiger partial charge >= 0.3 is 6.01 Å². The van der Waals surface area contributed by atoms with E-state index in [1.165, 1.54) is 13.3 Å². The maximum atomic E-state index is 12.1. The molecular formula is C14H20N6O2. The minimum atomic E-state index is -0.165. The fourth-order valence-corrected chi connectivity index (χ4v) is 2.67. The molecule has 22 heavy (non-hydrogen) atoms. The first-order chi connectivity index (χ1) is 10.7. The van der Waals surface area contributed by atoms with Crippen molar-refractivity contribution in [2.24, 2.45) is 5.73 Å². The Hall–Kier alpha value is -2.06. The third kappa shape index (κ3) is 3.07. The zero-order chi connectivity index (χ0) is 15.5. The van der Waals surface area contributed by atoms with Crippen LogP contribution >= 0.6 is 0 Å². The van der Waals surface area contributed by atoms with Gasteiger partial charge in [0.05, 0.1) is 19.5 Å². The quantitative estimate of drug-likeness (QED) is 0.821. The van der Waals surface area contributed by atoms with E-state index >= 15 is 0 Å². The number of aromatic nitrogens is 4. The Morgan fingerprint density at radius 2 is 2.05 bits per heavy atom. The number of likely N-dealkylation sites (tertiary alicyclic amines) is 1. The Balaban J connectivity index is 1.83. The highest BCUT2D eigenvalue weighted by Crippen LogP contribution is 2.11. The van der Waals surface area contributed by atoms with Crippen LogP contribution in [-0.4, -0.2) is 57.2 Å². The second-order valence-corrected chi connectivity index (χ2v) is 5.49. The van der Waals surface area contributed by atoms with Crippen molar-refractivity contribution in [3.8, 4) is 6.01 Å². The average Bonchev–Trinajstić information content (AvgIpc) is 2.55. The highest BCUT2D eigenvalue weighted by molar-refractivity contribution is 5.68. The molecule has 8 heteroatoms. The summed E-state index contributed by atoms with van der Waals surface area (Å²) in [7, 11) is 1.50. The van der Waals surface area contributed by atoms with E-state index in [0.29, 0.717) is 23.8 Å². The van der Waals surface area contributed by atoms with E-state index < -0.39 is 0 Å². The Bertz CT molecular complexity index is 708. The lowest BCUT2D eigenvalue weighted by atomic mass is 10.1. The van der Waals surface area contributed by atoms with E-state index in [-0.39, 0.29) is 11.6 Å². The van der Waals surface area contributed by atoms with Crippen LogP contribution in [0, 0.1) is 0 Å². The summed E-state index contributed by atoms with van der Waals surface area (Å²) < 4.78 is 6.66. The zero-order valence-electron chi connectivity index (χ0n) is 12.6. The molecule has 2 aromatic rings. The van der Waals surface area contributed by atoms with Crippen molar-refractivity contribution in [2.45, 2.75) is 25.4 Å². The van der Waals surface area contributed by atoms with E-state index in [1.54, 1.807) is 10.8 Å². The first-order valence-electron chi connectivity index (χ1n) is 7.42. The van der Waals surface area contributed by atoms with Crippen molar-refractivity contribution < 1.29 is 4.74 Å². The predicted molar refractivity (Wildman–Crippen MR) is 81.8 cm³/mol. The van der Waals surface area contributed by atoms with Crippen molar-refractivity contribution in [2.75, 3.05) is 26.7 Å². The Morgan fingerprint density at radius 1 is 1.27 bits per heavy atom. The number of nitrogens with zero attached hydrogens (tertiary/aromatic N) is 5. The summed E-state index contributed by atoms with van der Waals surface area (Å²) in [5, 5.41) is 0. The Labute approximate surface area is 127 Å². The maximum Gasteiger partial charge on any atom is 0.318 e. The van der Waals surface area contributed by atoms with Crippen LogP contribution in [0.3, 0.4) is 0 Å². The molecule has 0 atom stereocenters. The molecule has 1 aliphatic rings. The maximum absolute atomic E-state index is 12.1. The molecule has 2 aromatic heterocycles. The van der Waals surface area contributed by atoms with Gasteiger partial charge in [0.15, 0.2) is 5.65 Å². The molecule has 0 amide bonds. The SMILES string of the molecule is COc1ncc2ncc(=O)n(CCN3CCC(N)CC3)c2n1. The highest BCUT2D eigenvalue weighted by Gasteiger charge is 2.16. The number of ether oxygens (including phenoxy) is 1. The summed E-state index contributed by atoms with van der Waals surface area (Å²) in [6, 6.07) is 0.537. The van der Waals surface area contributed by atoms with Crippen molar-refractivity contribution >= 4 is 11.2 Å². The molecule has 0 aromatic carbocycles. The van der Waals surface area contributed by atoms with Gasteiger partial charge in [0.25, 0.3) is 5.56 Å². The van der Waals surface area contributed by atoms with Crippen LogP contribution in [-0.2, 0) is 6.54 Å². The number of hydrogen-bond acceptors (Lipinski definition) is 7. The summed E-state index contributed by atoms with van der Waals surface area (Å²) in [6.45, 7) is 3.29. The lowest BCUT2D eigenvalue weighted by Crippen LogP contribution is -2.41. The molecule has 3 heterocycles. The van der Waals surface area contributed by atoms with Crippen LogP contribution in [0.25, 0.3) is 11.2 Å². The van der Waals surface area contributed by atoms with E-state index in [9.17, 15) is 4.79 Å². The number of piperidine rings is 1. The van der Waals surface area contributed by atoms with Gasteiger partial charge in [-0.2, -0.15) is 4.98 Å². The van der Waals surface area contributed by atoms with Crippen molar-refractivity contribution in [3.63, 3.8) is 0 Å². The normalized spacial score (nSPS) is 17.0. The van der Waals surface area contributed by atoms with Crippen LogP contribution in [0.2, 0.25) is 0 Å². The summed E-state index contributed by atoms with van der Waals surface area (Å²) in [5.41, 5.74) is 6.84. The van der Waals surface area contributed by atoms with Crippen molar-refractivity contribution in [1.29, 1.82) is 0 Å². The van der Waals surface area contributed by atoms with Gasteiger partial charge < -0.3 is 15.4 Å². The van der Waals surface area contributed by atoms with E-state index in [2.05, 4.69) is 19.9 Å². The fraction of sp³-hybridized carbons (Fsp3) is 0.571. The lowest BCUT2D eigenvalue weighted by molar-refractivity contribution is 0.206. The van der Waals surface area contributed by atoms with Crippen LogP contribution < -0.4 is 16.0 Å². The number of rotatable bonds is 4. The largest absolute Gasteiger partial charge is 0.467 e. The van der Waals surface area contributed by atoms with Crippen molar-refractivity contribution in [1.82, 2.24) is 24.4 Å². The molecule has 118 valence electrons. The summed E-state index contributed by atoms with van der Waals surface area (Å²) in [6.07, 6.45) is 4.88.